The topological polar surface area (TPSA) is 75.6 Å². The summed E-state index contributed by atoms with van der Waals surface area (Å²) in [5, 5.41) is 13.6. The number of ether oxygens (including phenoxy) is 1. The normalized spacial score (nSPS) is 20.7. The molecule has 1 aromatic heterocycles. The maximum atomic E-state index is 12.1. The zero-order valence-electron chi connectivity index (χ0n) is 10.5. The van der Waals surface area contributed by atoms with Crippen LogP contribution in [0.15, 0.2) is 17.5 Å². The molecule has 0 aliphatic carbocycles. The number of amides is 1. The fraction of sp³-hybridized carbons (Fsp3) is 0.538. The molecule has 1 aliphatic rings. The molecule has 104 valence electrons. The molecule has 1 amide bonds. The quantitative estimate of drug-likeness (QED) is 0.864. The Hall–Kier alpha value is -1.40. The van der Waals surface area contributed by atoms with E-state index >= 15 is 0 Å². The zero-order chi connectivity index (χ0) is 13.7. The van der Waals surface area contributed by atoms with E-state index in [1.165, 1.54) is 11.3 Å². The van der Waals surface area contributed by atoms with E-state index in [9.17, 15) is 9.59 Å². The second-order valence-electron chi connectivity index (χ2n) is 4.59. The molecule has 0 radical (unpaired) electrons. The summed E-state index contributed by atoms with van der Waals surface area (Å²) in [5.74, 6) is -1.19. The maximum Gasteiger partial charge on any atom is 0.305 e. The van der Waals surface area contributed by atoms with Crippen LogP contribution in [0.3, 0.4) is 0 Å². The highest BCUT2D eigenvalue weighted by atomic mass is 32.1. The van der Waals surface area contributed by atoms with Gasteiger partial charge in [0.15, 0.2) is 0 Å². The van der Waals surface area contributed by atoms with Crippen molar-refractivity contribution >= 4 is 23.2 Å². The zero-order valence-corrected chi connectivity index (χ0v) is 11.3. The van der Waals surface area contributed by atoms with Gasteiger partial charge in [-0.2, -0.15) is 0 Å². The van der Waals surface area contributed by atoms with Crippen molar-refractivity contribution in [2.75, 3.05) is 13.2 Å². The van der Waals surface area contributed by atoms with E-state index in [-0.39, 0.29) is 18.2 Å². The molecule has 2 atom stereocenters. The van der Waals surface area contributed by atoms with Crippen LogP contribution in [-0.4, -0.2) is 30.2 Å². The summed E-state index contributed by atoms with van der Waals surface area (Å²) in [6, 6.07) is 3.24. The number of nitrogens with one attached hydrogen (secondary N) is 1. The summed E-state index contributed by atoms with van der Waals surface area (Å²) in [5.41, 5.74) is 0. The van der Waals surface area contributed by atoms with Crippen LogP contribution in [0.5, 0.6) is 0 Å². The Bertz CT molecular complexity index is 426. The highest BCUT2D eigenvalue weighted by Gasteiger charge is 2.26. The largest absolute Gasteiger partial charge is 0.481 e. The Morgan fingerprint density at radius 3 is 3.00 bits per heavy atom. The van der Waals surface area contributed by atoms with Gasteiger partial charge < -0.3 is 15.2 Å². The van der Waals surface area contributed by atoms with Gasteiger partial charge in [-0.05, 0) is 24.3 Å². The average Bonchev–Trinajstić information content (AvgIpc) is 2.92. The SMILES string of the molecule is O=C(O)CC(NC(=O)C1CCCOC1)c1cccs1. The number of hydrogen-bond donors (Lipinski definition) is 2. The summed E-state index contributed by atoms with van der Waals surface area (Å²) < 4.78 is 5.28. The molecule has 5 nitrogen and oxygen atoms in total. The smallest absolute Gasteiger partial charge is 0.305 e. The van der Waals surface area contributed by atoms with Crippen molar-refractivity contribution in [1.82, 2.24) is 5.32 Å². The average molecular weight is 283 g/mol. The number of aliphatic carboxylic acids is 1. The third-order valence-corrected chi connectivity index (χ3v) is 4.10. The van der Waals surface area contributed by atoms with Gasteiger partial charge in [0.1, 0.15) is 0 Å². The molecule has 0 bridgehead atoms. The number of hydrogen-bond acceptors (Lipinski definition) is 4. The van der Waals surface area contributed by atoms with Gasteiger partial charge in [0, 0.05) is 11.5 Å². The van der Waals surface area contributed by atoms with Gasteiger partial charge in [-0.25, -0.2) is 0 Å². The van der Waals surface area contributed by atoms with Crippen molar-refractivity contribution in [3.63, 3.8) is 0 Å². The Kier molecular flexibility index (Phi) is 4.93. The minimum absolute atomic E-state index is 0.0974. The molecule has 0 aromatic carbocycles. The molecule has 2 unspecified atom stereocenters. The highest BCUT2D eigenvalue weighted by molar-refractivity contribution is 7.10. The van der Waals surface area contributed by atoms with Gasteiger partial charge in [-0.1, -0.05) is 6.07 Å². The summed E-state index contributed by atoms with van der Waals surface area (Å²) in [6.45, 7) is 1.13. The fourth-order valence-corrected chi connectivity index (χ4v) is 2.90. The molecule has 6 heteroatoms. The highest BCUT2D eigenvalue weighted by Crippen LogP contribution is 2.23. The molecule has 1 aromatic rings. The lowest BCUT2D eigenvalue weighted by atomic mass is 10.0. The van der Waals surface area contributed by atoms with Gasteiger partial charge in [-0.15, -0.1) is 11.3 Å². The van der Waals surface area contributed by atoms with Gasteiger partial charge in [0.05, 0.1) is 25.0 Å². The standard InChI is InChI=1S/C13H17NO4S/c15-12(16)7-10(11-4-2-6-19-11)14-13(17)9-3-1-5-18-8-9/h2,4,6,9-10H,1,3,5,7-8H2,(H,14,17)(H,15,16). The van der Waals surface area contributed by atoms with Crippen LogP contribution in [0.1, 0.15) is 30.2 Å². The molecule has 0 saturated carbocycles. The van der Waals surface area contributed by atoms with E-state index in [2.05, 4.69) is 5.32 Å². The van der Waals surface area contributed by atoms with Gasteiger partial charge >= 0.3 is 5.97 Å². The lowest BCUT2D eigenvalue weighted by molar-refractivity contribution is -0.138. The van der Waals surface area contributed by atoms with E-state index in [4.69, 9.17) is 9.84 Å². The Morgan fingerprint density at radius 2 is 2.42 bits per heavy atom. The monoisotopic (exact) mass is 283 g/mol. The van der Waals surface area contributed by atoms with E-state index in [0.29, 0.717) is 13.2 Å². The summed E-state index contributed by atoms with van der Waals surface area (Å²) in [4.78, 5) is 23.9. The van der Waals surface area contributed by atoms with Crippen molar-refractivity contribution in [3.05, 3.63) is 22.4 Å². The molecular formula is C13H17NO4S. The van der Waals surface area contributed by atoms with Crippen LogP contribution in [0, 0.1) is 5.92 Å². The first-order valence-corrected chi connectivity index (χ1v) is 7.18. The number of carboxylic acid groups (broad SMARTS) is 1. The molecule has 2 N–H and O–H groups in total. The Balaban J connectivity index is 1.99. The van der Waals surface area contributed by atoms with Crippen LogP contribution in [0.25, 0.3) is 0 Å². The number of carboxylic acids is 1. The number of carbonyl (C=O) groups is 2. The minimum Gasteiger partial charge on any atom is -0.481 e. The van der Waals surface area contributed by atoms with Crippen molar-refractivity contribution in [2.24, 2.45) is 5.92 Å². The molecular weight excluding hydrogens is 266 g/mol. The number of carbonyl (C=O) groups excluding carboxylic acids is 1. The summed E-state index contributed by atoms with van der Waals surface area (Å²) >= 11 is 1.45. The first-order chi connectivity index (χ1) is 9.16. The van der Waals surface area contributed by atoms with E-state index in [1.54, 1.807) is 0 Å². The third kappa shape index (κ3) is 4.04. The predicted octanol–water partition coefficient (Wildman–Crippen LogP) is 1.81. The van der Waals surface area contributed by atoms with Gasteiger partial charge in [0.25, 0.3) is 0 Å². The van der Waals surface area contributed by atoms with Gasteiger partial charge in [-0.3, -0.25) is 9.59 Å². The molecule has 2 rings (SSSR count). The Labute approximate surface area is 115 Å². The predicted molar refractivity (Wildman–Crippen MR) is 71.0 cm³/mol. The summed E-state index contributed by atoms with van der Waals surface area (Å²) in [7, 11) is 0. The van der Waals surface area contributed by atoms with Crippen LogP contribution in [0.2, 0.25) is 0 Å². The van der Waals surface area contributed by atoms with Crippen molar-refractivity contribution in [1.29, 1.82) is 0 Å². The van der Waals surface area contributed by atoms with Crippen LogP contribution >= 0.6 is 11.3 Å². The second-order valence-corrected chi connectivity index (χ2v) is 5.57. The molecule has 1 saturated heterocycles. The maximum absolute atomic E-state index is 12.1. The summed E-state index contributed by atoms with van der Waals surface area (Å²) in [6.07, 6.45) is 1.58. The molecule has 1 aliphatic heterocycles. The van der Waals surface area contributed by atoms with E-state index in [1.807, 2.05) is 17.5 Å². The molecule has 0 spiro atoms. The first kappa shape index (κ1) is 14.0. The Morgan fingerprint density at radius 1 is 1.58 bits per heavy atom. The van der Waals surface area contributed by atoms with Crippen molar-refractivity contribution in [3.8, 4) is 0 Å². The molecule has 2 heterocycles. The second kappa shape index (κ2) is 6.68. The lowest BCUT2D eigenvalue weighted by Gasteiger charge is -2.24. The minimum atomic E-state index is -0.918. The first-order valence-electron chi connectivity index (χ1n) is 6.30. The van der Waals surface area contributed by atoms with Crippen molar-refractivity contribution < 1.29 is 19.4 Å². The van der Waals surface area contributed by atoms with Crippen LogP contribution in [-0.2, 0) is 14.3 Å². The van der Waals surface area contributed by atoms with Crippen LogP contribution in [0.4, 0.5) is 0 Å². The van der Waals surface area contributed by atoms with Gasteiger partial charge in [0.2, 0.25) is 5.91 Å². The van der Waals surface area contributed by atoms with E-state index < -0.39 is 12.0 Å². The number of thiophene rings is 1. The van der Waals surface area contributed by atoms with Crippen molar-refractivity contribution in [2.45, 2.75) is 25.3 Å². The molecule has 19 heavy (non-hydrogen) atoms. The van der Waals surface area contributed by atoms with Crippen LogP contribution < -0.4 is 5.32 Å². The lowest BCUT2D eigenvalue weighted by Crippen LogP contribution is -2.38. The molecule has 1 fully saturated rings. The third-order valence-electron chi connectivity index (χ3n) is 3.11. The number of rotatable bonds is 5. The van der Waals surface area contributed by atoms with E-state index in [0.717, 1.165) is 17.7 Å². The fourth-order valence-electron chi connectivity index (χ4n) is 2.12.